The average molecular weight is 223 g/mol. The molecular weight excluding hydrogens is 210 g/mol. The van der Waals surface area contributed by atoms with Crippen LogP contribution in [0.25, 0.3) is 11.1 Å². The van der Waals surface area contributed by atoms with Gasteiger partial charge in [-0.2, -0.15) is 5.26 Å². The molecule has 4 N–H and O–H groups in total. The SMILES string of the molecule is N#CCc1ccccc1-c1cc(N)ccc1N. The first-order valence-electron chi connectivity index (χ1n) is 5.32. The van der Waals surface area contributed by atoms with E-state index in [2.05, 4.69) is 6.07 Å². The van der Waals surface area contributed by atoms with Gasteiger partial charge in [0, 0.05) is 16.9 Å². The van der Waals surface area contributed by atoms with Crippen molar-refractivity contribution in [3.63, 3.8) is 0 Å². The lowest BCUT2D eigenvalue weighted by Gasteiger charge is -2.10. The van der Waals surface area contributed by atoms with Gasteiger partial charge >= 0.3 is 0 Å². The molecule has 3 nitrogen and oxygen atoms in total. The minimum Gasteiger partial charge on any atom is -0.399 e. The van der Waals surface area contributed by atoms with Crippen LogP contribution in [0.4, 0.5) is 11.4 Å². The molecule has 0 spiro atoms. The van der Waals surface area contributed by atoms with Crippen molar-refractivity contribution < 1.29 is 0 Å². The van der Waals surface area contributed by atoms with Crippen LogP contribution in [-0.4, -0.2) is 0 Å². The Bertz CT molecular complexity index is 582. The van der Waals surface area contributed by atoms with E-state index in [-0.39, 0.29) is 0 Å². The summed E-state index contributed by atoms with van der Waals surface area (Å²) in [6.07, 6.45) is 0.365. The molecule has 0 bridgehead atoms. The molecule has 3 heteroatoms. The quantitative estimate of drug-likeness (QED) is 0.768. The van der Waals surface area contributed by atoms with Crippen LogP contribution >= 0.6 is 0 Å². The van der Waals surface area contributed by atoms with Gasteiger partial charge in [-0.3, -0.25) is 0 Å². The number of nitriles is 1. The highest BCUT2D eigenvalue weighted by molar-refractivity contribution is 5.81. The summed E-state index contributed by atoms with van der Waals surface area (Å²) in [6.45, 7) is 0. The Hall–Kier alpha value is -2.47. The zero-order chi connectivity index (χ0) is 12.3. The molecule has 2 aromatic carbocycles. The van der Waals surface area contributed by atoms with Crippen molar-refractivity contribution in [2.24, 2.45) is 0 Å². The second kappa shape index (κ2) is 4.58. The van der Waals surface area contributed by atoms with Crippen LogP contribution in [0.2, 0.25) is 0 Å². The van der Waals surface area contributed by atoms with Crippen molar-refractivity contribution in [1.82, 2.24) is 0 Å². The molecule has 0 radical (unpaired) electrons. The number of benzene rings is 2. The first-order valence-corrected chi connectivity index (χ1v) is 5.32. The second-order valence-electron chi connectivity index (χ2n) is 3.84. The van der Waals surface area contributed by atoms with Gasteiger partial charge in [-0.25, -0.2) is 0 Å². The molecule has 0 aliphatic rings. The van der Waals surface area contributed by atoms with E-state index in [0.29, 0.717) is 17.8 Å². The number of hydrogen-bond acceptors (Lipinski definition) is 3. The van der Waals surface area contributed by atoms with Gasteiger partial charge in [-0.1, -0.05) is 24.3 Å². The highest BCUT2D eigenvalue weighted by atomic mass is 14.6. The van der Waals surface area contributed by atoms with Gasteiger partial charge < -0.3 is 11.5 Å². The molecule has 0 aliphatic carbocycles. The van der Waals surface area contributed by atoms with Crippen LogP contribution in [0.15, 0.2) is 42.5 Å². The number of hydrogen-bond donors (Lipinski definition) is 2. The van der Waals surface area contributed by atoms with Gasteiger partial charge in [0.25, 0.3) is 0 Å². The Morgan fingerprint density at radius 3 is 2.53 bits per heavy atom. The maximum absolute atomic E-state index is 8.81. The lowest BCUT2D eigenvalue weighted by Crippen LogP contribution is -1.95. The fourth-order valence-corrected chi connectivity index (χ4v) is 1.83. The summed E-state index contributed by atoms with van der Waals surface area (Å²) in [4.78, 5) is 0. The van der Waals surface area contributed by atoms with Crippen LogP contribution in [0.5, 0.6) is 0 Å². The van der Waals surface area contributed by atoms with Crippen LogP contribution in [0.1, 0.15) is 5.56 Å². The van der Waals surface area contributed by atoms with Crippen molar-refractivity contribution in [2.75, 3.05) is 11.5 Å². The molecule has 0 heterocycles. The van der Waals surface area contributed by atoms with E-state index in [9.17, 15) is 0 Å². The molecule has 0 aromatic heterocycles. The third-order valence-corrected chi connectivity index (χ3v) is 2.65. The molecule has 0 aliphatic heterocycles. The zero-order valence-corrected chi connectivity index (χ0v) is 9.35. The van der Waals surface area contributed by atoms with E-state index in [4.69, 9.17) is 16.7 Å². The minimum absolute atomic E-state index is 0.365. The summed E-state index contributed by atoms with van der Waals surface area (Å²) in [6, 6.07) is 15.3. The lowest BCUT2D eigenvalue weighted by atomic mass is 9.96. The Balaban J connectivity index is 2.60. The van der Waals surface area contributed by atoms with Crippen molar-refractivity contribution in [1.29, 1.82) is 5.26 Å². The van der Waals surface area contributed by atoms with E-state index < -0.39 is 0 Å². The Morgan fingerprint density at radius 1 is 1.00 bits per heavy atom. The van der Waals surface area contributed by atoms with Crippen LogP contribution in [0, 0.1) is 11.3 Å². The molecular formula is C14H13N3. The maximum atomic E-state index is 8.81. The van der Waals surface area contributed by atoms with Gasteiger partial charge in [0.05, 0.1) is 12.5 Å². The molecule has 17 heavy (non-hydrogen) atoms. The number of anilines is 2. The molecule has 0 amide bonds. The first kappa shape index (κ1) is 11.0. The van der Waals surface area contributed by atoms with Gasteiger partial charge in [0.1, 0.15) is 0 Å². The largest absolute Gasteiger partial charge is 0.399 e. The average Bonchev–Trinajstić information content (AvgIpc) is 2.34. The van der Waals surface area contributed by atoms with E-state index in [1.54, 1.807) is 12.1 Å². The second-order valence-corrected chi connectivity index (χ2v) is 3.84. The maximum Gasteiger partial charge on any atom is 0.0669 e. The molecule has 2 rings (SSSR count). The highest BCUT2D eigenvalue weighted by Crippen LogP contribution is 2.30. The Kier molecular flexibility index (Phi) is 2.97. The summed E-state index contributed by atoms with van der Waals surface area (Å²) < 4.78 is 0. The Morgan fingerprint density at radius 2 is 1.76 bits per heavy atom. The van der Waals surface area contributed by atoms with Crippen LogP contribution in [-0.2, 0) is 6.42 Å². The third kappa shape index (κ3) is 2.21. The molecule has 2 aromatic rings. The minimum atomic E-state index is 0.365. The zero-order valence-electron chi connectivity index (χ0n) is 9.35. The van der Waals surface area contributed by atoms with Gasteiger partial charge in [0.15, 0.2) is 0 Å². The summed E-state index contributed by atoms with van der Waals surface area (Å²) in [5.41, 5.74) is 15.9. The van der Waals surface area contributed by atoms with E-state index in [0.717, 1.165) is 16.7 Å². The van der Waals surface area contributed by atoms with E-state index >= 15 is 0 Å². The third-order valence-electron chi connectivity index (χ3n) is 2.65. The lowest BCUT2D eigenvalue weighted by molar-refractivity contribution is 1.26. The van der Waals surface area contributed by atoms with Gasteiger partial charge in [-0.05, 0) is 29.3 Å². The van der Waals surface area contributed by atoms with Gasteiger partial charge in [-0.15, -0.1) is 0 Å². The van der Waals surface area contributed by atoms with Crippen molar-refractivity contribution in [3.8, 4) is 17.2 Å². The van der Waals surface area contributed by atoms with Crippen LogP contribution < -0.4 is 11.5 Å². The fraction of sp³-hybridized carbons (Fsp3) is 0.0714. The summed E-state index contributed by atoms with van der Waals surface area (Å²) in [5, 5.41) is 8.81. The number of nitrogens with zero attached hydrogens (tertiary/aromatic N) is 1. The number of nitrogens with two attached hydrogens (primary N) is 2. The summed E-state index contributed by atoms with van der Waals surface area (Å²) in [5.74, 6) is 0. The predicted molar refractivity (Wildman–Crippen MR) is 70.0 cm³/mol. The Labute approximate surface area is 100 Å². The van der Waals surface area contributed by atoms with Crippen molar-refractivity contribution in [3.05, 3.63) is 48.0 Å². The molecule has 84 valence electrons. The first-order chi connectivity index (χ1) is 8.22. The highest BCUT2D eigenvalue weighted by Gasteiger charge is 2.07. The standard InChI is InChI=1S/C14H13N3/c15-8-7-10-3-1-2-4-12(10)13-9-11(16)5-6-14(13)17/h1-6,9H,7,16-17H2. The van der Waals surface area contributed by atoms with Crippen molar-refractivity contribution in [2.45, 2.75) is 6.42 Å². The van der Waals surface area contributed by atoms with Crippen molar-refractivity contribution >= 4 is 11.4 Å². The predicted octanol–water partition coefficient (Wildman–Crippen LogP) is 2.58. The topological polar surface area (TPSA) is 75.8 Å². The van der Waals surface area contributed by atoms with Gasteiger partial charge in [0.2, 0.25) is 0 Å². The monoisotopic (exact) mass is 223 g/mol. The molecule has 0 saturated heterocycles. The number of nitrogen functional groups attached to an aromatic ring is 2. The summed E-state index contributed by atoms with van der Waals surface area (Å²) in [7, 11) is 0. The van der Waals surface area contributed by atoms with E-state index in [1.165, 1.54) is 0 Å². The number of rotatable bonds is 2. The fourth-order valence-electron chi connectivity index (χ4n) is 1.83. The summed E-state index contributed by atoms with van der Waals surface area (Å²) >= 11 is 0. The normalized spacial score (nSPS) is 9.82. The smallest absolute Gasteiger partial charge is 0.0669 e. The van der Waals surface area contributed by atoms with E-state index in [1.807, 2.05) is 30.3 Å². The molecule has 0 fully saturated rings. The molecule has 0 saturated carbocycles. The molecule has 0 atom stereocenters. The molecule has 0 unspecified atom stereocenters. The van der Waals surface area contributed by atoms with Crippen LogP contribution in [0.3, 0.4) is 0 Å².